The maximum absolute atomic E-state index is 6.35. The number of hydrogen-bond donors (Lipinski definition) is 2. The van der Waals surface area contributed by atoms with Crippen molar-refractivity contribution in [1.82, 2.24) is 9.97 Å². The lowest BCUT2D eigenvalue weighted by molar-refractivity contribution is 1.08. The second-order valence-electron chi connectivity index (χ2n) is 4.50. The van der Waals surface area contributed by atoms with Gasteiger partial charge in [0, 0.05) is 23.5 Å². The van der Waals surface area contributed by atoms with Crippen molar-refractivity contribution in [2.45, 2.75) is 13.5 Å². The zero-order chi connectivity index (χ0) is 13.2. The number of aryl methyl sites for hydroxylation is 1. The quantitative estimate of drug-likeness (QED) is 0.752. The Kier molecular flexibility index (Phi) is 3.13. The van der Waals surface area contributed by atoms with Gasteiger partial charge in [0.25, 0.3) is 0 Å². The molecule has 0 atom stereocenters. The number of fused-ring (bicyclic) bond motifs is 1. The van der Waals surface area contributed by atoms with Gasteiger partial charge in [-0.15, -0.1) is 0 Å². The molecule has 1 aromatic carbocycles. The van der Waals surface area contributed by atoms with E-state index < -0.39 is 0 Å². The van der Waals surface area contributed by atoms with Crippen LogP contribution in [0.1, 0.15) is 11.3 Å². The molecule has 0 saturated carbocycles. The van der Waals surface area contributed by atoms with E-state index in [-0.39, 0.29) is 0 Å². The van der Waals surface area contributed by atoms with E-state index in [9.17, 15) is 0 Å². The monoisotopic (exact) mass is 271 g/mol. The average Bonchev–Trinajstić information content (AvgIpc) is 2.92. The SMILES string of the molecule is Cc1cc(Cl)c(NCc2ccc[nH]2)c2cccnc12. The van der Waals surface area contributed by atoms with Crippen LogP contribution >= 0.6 is 11.6 Å². The van der Waals surface area contributed by atoms with Gasteiger partial charge < -0.3 is 10.3 Å². The van der Waals surface area contributed by atoms with E-state index >= 15 is 0 Å². The molecule has 0 aliphatic carbocycles. The van der Waals surface area contributed by atoms with Crippen LogP contribution in [0.3, 0.4) is 0 Å². The fraction of sp³-hybridized carbons (Fsp3) is 0.133. The van der Waals surface area contributed by atoms with E-state index in [4.69, 9.17) is 11.6 Å². The van der Waals surface area contributed by atoms with Crippen LogP contribution in [0.15, 0.2) is 42.7 Å². The van der Waals surface area contributed by atoms with Gasteiger partial charge in [-0.25, -0.2) is 0 Å². The molecule has 0 fully saturated rings. The summed E-state index contributed by atoms with van der Waals surface area (Å²) in [6, 6.07) is 9.94. The molecule has 0 unspecified atom stereocenters. The normalized spacial score (nSPS) is 10.8. The first kappa shape index (κ1) is 12.1. The summed E-state index contributed by atoms with van der Waals surface area (Å²) >= 11 is 6.35. The van der Waals surface area contributed by atoms with Crippen LogP contribution in [-0.2, 0) is 6.54 Å². The molecule has 0 saturated heterocycles. The van der Waals surface area contributed by atoms with Crippen molar-refractivity contribution in [3.8, 4) is 0 Å². The summed E-state index contributed by atoms with van der Waals surface area (Å²) in [6.07, 6.45) is 3.71. The van der Waals surface area contributed by atoms with E-state index in [1.165, 1.54) is 0 Å². The standard InChI is InChI=1S/C15H14ClN3/c1-10-8-13(16)15(12-5-3-7-18-14(10)12)19-9-11-4-2-6-17-11/h2-8,17,19H,9H2,1H3. The van der Waals surface area contributed by atoms with Gasteiger partial charge >= 0.3 is 0 Å². The number of pyridine rings is 1. The van der Waals surface area contributed by atoms with Crippen LogP contribution in [0.2, 0.25) is 5.02 Å². The second kappa shape index (κ2) is 4.94. The molecule has 2 N–H and O–H groups in total. The highest BCUT2D eigenvalue weighted by molar-refractivity contribution is 6.35. The predicted molar refractivity (Wildman–Crippen MR) is 79.6 cm³/mol. The molecule has 0 aliphatic heterocycles. The van der Waals surface area contributed by atoms with Crippen molar-refractivity contribution in [2.24, 2.45) is 0 Å². The Bertz CT molecular complexity index is 705. The Morgan fingerprint density at radius 3 is 3.00 bits per heavy atom. The number of nitrogens with zero attached hydrogens (tertiary/aromatic N) is 1. The first-order chi connectivity index (χ1) is 9.25. The van der Waals surface area contributed by atoms with E-state index in [0.29, 0.717) is 6.54 Å². The molecular formula is C15H14ClN3. The molecule has 0 aliphatic rings. The van der Waals surface area contributed by atoms with Gasteiger partial charge in [-0.1, -0.05) is 11.6 Å². The number of aromatic amines is 1. The number of H-pyrrole nitrogens is 1. The molecule has 3 rings (SSSR count). The molecule has 2 aromatic heterocycles. The van der Waals surface area contributed by atoms with Crippen LogP contribution in [0.4, 0.5) is 5.69 Å². The van der Waals surface area contributed by atoms with E-state index in [0.717, 1.165) is 32.9 Å². The molecule has 19 heavy (non-hydrogen) atoms. The minimum atomic E-state index is 0.708. The molecule has 4 heteroatoms. The molecule has 2 heterocycles. The Morgan fingerprint density at radius 2 is 2.21 bits per heavy atom. The van der Waals surface area contributed by atoms with Gasteiger partial charge in [0.2, 0.25) is 0 Å². The lowest BCUT2D eigenvalue weighted by Gasteiger charge is -2.12. The summed E-state index contributed by atoms with van der Waals surface area (Å²) in [7, 11) is 0. The maximum Gasteiger partial charge on any atom is 0.0752 e. The zero-order valence-electron chi connectivity index (χ0n) is 10.6. The van der Waals surface area contributed by atoms with Gasteiger partial charge in [0.15, 0.2) is 0 Å². The number of halogens is 1. The predicted octanol–water partition coefficient (Wildman–Crippen LogP) is 4.14. The Labute approximate surface area is 116 Å². The van der Waals surface area contributed by atoms with E-state index in [2.05, 4.69) is 15.3 Å². The Morgan fingerprint density at radius 1 is 1.32 bits per heavy atom. The van der Waals surface area contributed by atoms with Gasteiger partial charge in [0.1, 0.15) is 0 Å². The molecule has 0 spiro atoms. The van der Waals surface area contributed by atoms with Crippen LogP contribution in [-0.4, -0.2) is 9.97 Å². The lowest BCUT2D eigenvalue weighted by Crippen LogP contribution is -2.01. The van der Waals surface area contributed by atoms with Gasteiger partial charge in [-0.3, -0.25) is 4.98 Å². The third-order valence-electron chi connectivity index (χ3n) is 3.15. The molecular weight excluding hydrogens is 258 g/mol. The van der Waals surface area contributed by atoms with Crippen LogP contribution in [0, 0.1) is 6.92 Å². The molecule has 96 valence electrons. The van der Waals surface area contributed by atoms with Gasteiger partial charge in [-0.05, 0) is 42.8 Å². The summed E-state index contributed by atoms with van der Waals surface area (Å²) in [4.78, 5) is 7.59. The molecule has 3 aromatic rings. The smallest absolute Gasteiger partial charge is 0.0752 e. The Hall–Kier alpha value is -2.00. The lowest BCUT2D eigenvalue weighted by atomic mass is 10.1. The number of benzene rings is 1. The average molecular weight is 272 g/mol. The van der Waals surface area contributed by atoms with Crippen LogP contribution in [0.25, 0.3) is 10.9 Å². The van der Waals surface area contributed by atoms with Crippen molar-refractivity contribution < 1.29 is 0 Å². The number of hydrogen-bond acceptors (Lipinski definition) is 2. The third kappa shape index (κ3) is 2.29. The number of nitrogens with one attached hydrogen (secondary N) is 2. The summed E-state index contributed by atoms with van der Waals surface area (Å²) < 4.78 is 0. The molecule has 0 bridgehead atoms. The highest BCUT2D eigenvalue weighted by atomic mass is 35.5. The van der Waals surface area contributed by atoms with E-state index in [1.54, 1.807) is 6.20 Å². The zero-order valence-corrected chi connectivity index (χ0v) is 11.3. The minimum Gasteiger partial charge on any atom is -0.378 e. The molecule has 3 nitrogen and oxygen atoms in total. The first-order valence-electron chi connectivity index (χ1n) is 6.15. The first-order valence-corrected chi connectivity index (χ1v) is 6.53. The van der Waals surface area contributed by atoms with Crippen molar-refractivity contribution in [1.29, 1.82) is 0 Å². The van der Waals surface area contributed by atoms with Crippen LogP contribution in [0.5, 0.6) is 0 Å². The summed E-state index contributed by atoms with van der Waals surface area (Å²) in [5, 5.41) is 5.16. The Balaban J connectivity index is 2.02. The fourth-order valence-electron chi connectivity index (χ4n) is 2.22. The molecule has 0 amide bonds. The summed E-state index contributed by atoms with van der Waals surface area (Å²) in [5.74, 6) is 0. The van der Waals surface area contributed by atoms with E-state index in [1.807, 2.05) is 43.5 Å². The highest BCUT2D eigenvalue weighted by Gasteiger charge is 2.09. The molecule has 0 radical (unpaired) electrons. The maximum atomic E-state index is 6.35. The highest BCUT2D eigenvalue weighted by Crippen LogP contribution is 2.32. The second-order valence-corrected chi connectivity index (χ2v) is 4.91. The van der Waals surface area contributed by atoms with Crippen molar-refractivity contribution in [3.05, 3.63) is 59.0 Å². The largest absolute Gasteiger partial charge is 0.378 e. The third-order valence-corrected chi connectivity index (χ3v) is 3.45. The van der Waals surface area contributed by atoms with Crippen LogP contribution < -0.4 is 5.32 Å². The van der Waals surface area contributed by atoms with Gasteiger partial charge in [0.05, 0.1) is 22.8 Å². The summed E-state index contributed by atoms with van der Waals surface area (Å²) in [6.45, 7) is 2.73. The van der Waals surface area contributed by atoms with Crippen molar-refractivity contribution in [3.63, 3.8) is 0 Å². The number of aromatic nitrogens is 2. The minimum absolute atomic E-state index is 0.708. The number of anilines is 1. The van der Waals surface area contributed by atoms with Crippen molar-refractivity contribution >= 4 is 28.2 Å². The fourth-order valence-corrected chi connectivity index (χ4v) is 2.55. The van der Waals surface area contributed by atoms with Crippen molar-refractivity contribution in [2.75, 3.05) is 5.32 Å². The van der Waals surface area contributed by atoms with Gasteiger partial charge in [-0.2, -0.15) is 0 Å². The topological polar surface area (TPSA) is 40.7 Å². The summed E-state index contributed by atoms with van der Waals surface area (Å²) in [5.41, 5.74) is 4.13. The number of rotatable bonds is 3.